The number of hydrogen-bond donors (Lipinski definition) is 1. The maximum Gasteiger partial charge on any atom is 0.222 e. The number of hydrogen-bond acceptors (Lipinski definition) is 4. The van der Waals surface area contributed by atoms with Gasteiger partial charge in [0.25, 0.3) is 0 Å². The van der Waals surface area contributed by atoms with Gasteiger partial charge in [0.15, 0.2) is 0 Å². The lowest BCUT2D eigenvalue weighted by molar-refractivity contribution is 0.196. The van der Waals surface area contributed by atoms with Gasteiger partial charge in [-0.15, -0.1) is 0 Å². The molecule has 100 valence electrons. The first-order chi connectivity index (χ1) is 9.31. The van der Waals surface area contributed by atoms with Gasteiger partial charge in [-0.1, -0.05) is 35.5 Å². The number of nitrogen functional groups attached to an aromatic ring is 1. The minimum absolute atomic E-state index is 0.412. The van der Waals surface area contributed by atoms with E-state index in [0.29, 0.717) is 11.8 Å². The summed E-state index contributed by atoms with van der Waals surface area (Å²) in [5, 5.41) is 4.05. The number of anilines is 1. The van der Waals surface area contributed by atoms with E-state index in [9.17, 15) is 0 Å². The predicted octanol–water partition coefficient (Wildman–Crippen LogP) is 2.64. The van der Waals surface area contributed by atoms with Gasteiger partial charge in [-0.25, -0.2) is 0 Å². The molecule has 1 aromatic heterocycles. The molecule has 4 nitrogen and oxygen atoms in total. The van der Waals surface area contributed by atoms with Crippen LogP contribution < -0.4 is 5.73 Å². The Morgan fingerprint density at radius 1 is 1.32 bits per heavy atom. The number of rotatable bonds is 3. The smallest absolute Gasteiger partial charge is 0.222 e. The van der Waals surface area contributed by atoms with Gasteiger partial charge >= 0.3 is 0 Å². The van der Waals surface area contributed by atoms with Crippen LogP contribution in [0.4, 0.5) is 5.88 Å². The van der Waals surface area contributed by atoms with E-state index in [1.807, 2.05) is 6.07 Å². The van der Waals surface area contributed by atoms with E-state index in [1.54, 1.807) is 0 Å². The van der Waals surface area contributed by atoms with Crippen LogP contribution in [0.25, 0.3) is 0 Å². The van der Waals surface area contributed by atoms with Crippen molar-refractivity contribution in [1.29, 1.82) is 0 Å². The molecule has 0 aliphatic carbocycles. The lowest BCUT2D eigenvalue weighted by Crippen LogP contribution is -2.33. The molecule has 2 aromatic rings. The zero-order valence-corrected chi connectivity index (χ0v) is 11.0. The van der Waals surface area contributed by atoms with Crippen molar-refractivity contribution in [1.82, 2.24) is 10.1 Å². The standard InChI is InChI=1S/C15H19N3O/c16-15-9-14(17-19-15)13-7-4-8-18(11-13)10-12-5-2-1-3-6-12/h1-3,5-6,9,13H,4,7-8,10-11,16H2. The van der Waals surface area contributed by atoms with Crippen molar-refractivity contribution in [3.63, 3.8) is 0 Å². The van der Waals surface area contributed by atoms with Gasteiger partial charge < -0.3 is 10.3 Å². The molecule has 1 unspecified atom stereocenters. The quantitative estimate of drug-likeness (QED) is 0.918. The summed E-state index contributed by atoms with van der Waals surface area (Å²) < 4.78 is 4.98. The van der Waals surface area contributed by atoms with Crippen molar-refractivity contribution in [3.05, 3.63) is 47.7 Å². The maximum atomic E-state index is 5.60. The second-order valence-corrected chi connectivity index (χ2v) is 5.21. The van der Waals surface area contributed by atoms with Crippen LogP contribution in [-0.4, -0.2) is 23.1 Å². The molecule has 3 rings (SSSR count). The van der Waals surface area contributed by atoms with E-state index in [1.165, 1.54) is 12.0 Å². The lowest BCUT2D eigenvalue weighted by Gasteiger charge is -2.31. The molecule has 0 spiro atoms. The first-order valence-corrected chi connectivity index (χ1v) is 6.79. The highest BCUT2D eigenvalue weighted by Gasteiger charge is 2.23. The molecule has 1 fully saturated rings. The highest BCUT2D eigenvalue weighted by atomic mass is 16.5. The fourth-order valence-corrected chi connectivity index (χ4v) is 2.78. The zero-order chi connectivity index (χ0) is 13.1. The monoisotopic (exact) mass is 257 g/mol. The van der Waals surface area contributed by atoms with Crippen molar-refractivity contribution in [2.45, 2.75) is 25.3 Å². The Labute approximate surface area is 113 Å². The van der Waals surface area contributed by atoms with E-state index in [0.717, 1.165) is 31.7 Å². The third kappa shape index (κ3) is 2.96. The molecule has 0 bridgehead atoms. The third-order valence-corrected chi connectivity index (χ3v) is 3.72. The summed E-state index contributed by atoms with van der Waals surface area (Å²) in [7, 11) is 0. The molecule has 1 aromatic carbocycles. The van der Waals surface area contributed by atoms with Crippen LogP contribution in [0.5, 0.6) is 0 Å². The molecule has 1 aliphatic heterocycles. The largest absolute Gasteiger partial charge is 0.368 e. The maximum absolute atomic E-state index is 5.60. The van der Waals surface area contributed by atoms with Gasteiger partial charge in [0.1, 0.15) is 0 Å². The van der Waals surface area contributed by atoms with E-state index in [-0.39, 0.29) is 0 Å². The van der Waals surface area contributed by atoms with E-state index < -0.39 is 0 Å². The number of piperidine rings is 1. The Morgan fingerprint density at radius 3 is 2.89 bits per heavy atom. The molecule has 1 saturated heterocycles. The average Bonchev–Trinajstić information content (AvgIpc) is 2.87. The molecule has 4 heteroatoms. The first-order valence-electron chi connectivity index (χ1n) is 6.79. The van der Waals surface area contributed by atoms with Crippen LogP contribution in [0.3, 0.4) is 0 Å². The van der Waals surface area contributed by atoms with Crippen molar-refractivity contribution in [2.24, 2.45) is 0 Å². The molecule has 0 saturated carbocycles. The zero-order valence-electron chi connectivity index (χ0n) is 11.0. The van der Waals surface area contributed by atoms with Crippen LogP contribution >= 0.6 is 0 Å². The lowest BCUT2D eigenvalue weighted by atomic mass is 9.94. The van der Waals surface area contributed by atoms with Crippen LogP contribution in [0.2, 0.25) is 0 Å². The molecule has 2 heterocycles. The Hall–Kier alpha value is -1.81. The fourth-order valence-electron chi connectivity index (χ4n) is 2.78. The molecule has 1 atom stereocenters. The predicted molar refractivity (Wildman–Crippen MR) is 74.6 cm³/mol. The average molecular weight is 257 g/mol. The fraction of sp³-hybridized carbons (Fsp3) is 0.400. The molecule has 2 N–H and O–H groups in total. The SMILES string of the molecule is Nc1cc(C2CCCN(Cc3ccccc3)C2)no1. The third-order valence-electron chi connectivity index (χ3n) is 3.72. The number of likely N-dealkylation sites (tertiary alicyclic amines) is 1. The van der Waals surface area contributed by atoms with E-state index >= 15 is 0 Å². The Bertz CT molecular complexity index is 523. The summed E-state index contributed by atoms with van der Waals surface area (Å²) in [5.41, 5.74) is 7.96. The van der Waals surface area contributed by atoms with Gasteiger partial charge in [-0.2, -0.15) is 0 Å². The molecular formula is C15H19N3O. The van der Waals surface area contributed by atoms with Gasteiger partial charge in [0, 0.05) is 25.1 Å². The van der Waals surface area contributed by atoms with Crippen LogP contribution in [0.15, 0.2) is 40.9 Å². The molecular weight excluding hydrogens is 238 g/mol. The minimum atomic E-state index is 0.412. The molecule has 0 amide bonds. The van der Waals surface area contributed by atoms with Gasteiger partial charge in [-0.05, 0) is 24.9 Å². The van der Waals surface area contributed by atoms with Crippen LogP contribution in [0, 0.1) is 0 Å². The van der Waals surface area contributed by atoms with Crippen LogP contribution in [0.1, 0.15) is 30.0 Å². The van der Waals surface area contributed by atoms with Crippen molar-refractivity contribution >= 4 is 5.88 Å². The van der Waals surface area contributed by atoms with Crippen molar-refractivity contribution in [3.8, 4) is 0 Å². The molecule has 19 heavy (non-hydrogen) atoms. The second-order valence-electron chi connectivity index (χ2n) is 5.21. The normalized spacial score (nSPS) is 20.5. The van der Waals surface area contributed by atoms with Crippen molar-refractivity contribution < 1.29 is 4.52 Å². The van der Waals surface area contributed by atoms with Crippen LogP contribution in [-0.2, 0) is 6.54 Å². The summed E-state index contributed by atoms with van der Waals surface area (Å²) in [4.78, 5) is 2.48. The number of nitrogens with zero attached hydrogens (tertiary/aromatic N) is 2. The first kappa shape index (κ1) is 12.2. The van der Waals surface area contributed by atoms with Gasteiger partial charge in [0.2, 0.25) is 5.88 Å². The second kappa shape index (κ2) is 5.45. The van der Waals surface area contributed by atoms with Crippen molar-refractivity contribution in [2.75, 3.05) is 18.8 Å². The topological polar surface area (TPSA) is 55.3 Å². The number of benzene rings is 1. The molecule has 1 aliphatic rings. The number of nitrogens with two attached hydrogens (primary N) is 1. The summed E-state index contributed by atoms with van der Waals surface area (Å²) in [6, 6.07) is 12.5. The summed E-state index contributed by atoms with van der Waals surface area (Å²) in [6.07, 6.45) is 2.36. The summed E-state index contributed by atoms with van der Waals surface area (Å²) in [5.74, 6) is 0.855. The highest BCUT2D eigenvalue weighted by molar-refractivity contribution is 5.26. The van der Waals surface area contributed by atoms with E-state index in [2.05, 4.69) is 40.4 Å². The summed E-state index contributed by atoms with van der Waals surface area (Å²) >= 11 is 0. The minimum Gasteiger partial charge on any atom is -0.368 e. The number of aromatic nitrogens is 1. The Morgan fingerprint density at radius 2 is 2.16 bits per heavy atom. The van der Waals surface area contributed by atoms with Gasteiger partial charge in [0.05, 0.1) is 5.69 Å². The Balaban J connectivity index is 1.65. The van der Waals surface area contributed by atoms with Gasteiger partial charge in [-0.3, -0.25) is 4.90 Å². The van der Waals surface area contributed by atoms with E-state index in [4.69, 9.17) is 10.3 Å². The highest BCUT2D eigenvalue weighted by Crippen LogP contribution is 2.27. The molecule has 0 radical (unpaired) electrons. The summed E-state index contributed by atoms with van der Waals surface area (Å²) in [6.45, 7) is 3.18. The Kier molecular flexibility index (Phi) is 3.51.